The fourth-order valence-electron chi connectivity index (χ4n) is 5.47. The Bertz CT molecular complexity index is 1250. The highest BCUT2D eigenvalue weighted by Gasteiger charge is 2.50. The molecule has 0 radical (unpaired) electrons. The summed E-state index contributed by atoms with van der Waals surface area (Å²) in [7, 11) is -2.14. The molecule has 3 heterocycles. The second kappa shape index (κ2) is 10.1. The molecule has 1 N–H and O–H groups in total. The number of aliphatic hydroxyl groups excluding tert-OH is 1. The second-order valence-corrected chi connectivity index (χ2v) is 11.1. The summed E-state index contributed by atoms with van der Waals surface area (Å²) in [4.78, 5) is 6.74. The van der Waals surface area contributed by atoms with E-state index in [0.29, 0.717) is 18.8 Å². The fourth-order valence-corrected chi connectivity index (χ4v) is 7.00. The molecule has 35 heavy (non-hydrogen) atoms. The van der Waals surface area contributed by atoms with Crippen molar-refractivity contribution in [1.29, 1.82) is 0 Å². The molecule has 3 aromatic rings. The molecule has 1 aromatic heterocycles. The van der Waals surface area contributed by atoms with Crippen LogP contribution in [0.3, 0.4) is 0 Å². The minimum absolute atomic E-state index is 0.0104. The number of fused-ring (bicyclic) bond motifs is 1. The van der Waals surface area contributed by atoms with Gasteiger partial charge in [0.05, 0.1) is 18.6 Å². The molecule has 2 aromatic carbocycles. The number of aromatic nitrogens is 1. The van der Waals surface area contributed by atoms with E-state index in [1.165, 1.54) is 7.11 Å². The monoisotopic (exact) mass is 493 g/mol. The molecule has 8 heteroatoms. The number of hydrogen-bond acceptors (Lipinski definition) is 6. The Balaban J connectivity index is 1.42. The van der Waals surface area contributed by atoms with Gasteiger partial charge in [-0.25, -0.2) is 8.42 Å². The average Bonchev–Trinajstić information content (AvgIpc) is 2.88. The van der Waals surface area contributed by atoms with Crippen LogP contribution in [0.2, 0.25) is 0 Å². The second-order valence-electron chi connectivity index (χ2n) is 9.19. The van der Waals surface area contributed by atoms with Gasteiger partial charge in [0.2, 0.25) is 10.0 Å². The molecule has 0 amide bonds. The third-order valence-corrected chi connectivity index (χ3v) is 9.16. The Morgan fingerprint density at radius 3 is 2.54 bits per heavy atom. The number of rotatable bonds is 6. The van der Waals surface area contributed by atoms with Crippen LogP contribution in [0.25, 0.3) is 11.1 Å². The quantitative estimate of drug-likeness (QED) is 0.567. The first kappa shape index (κ1) is 23.9. The Labute approximate surface area is 207 Å². The Morgan fingerprint density at radius 2 is 1.83 bits per heavy atom. The van der Waals surface area contributed by atoms with Gasteiger partial charge < -0.3 is 9.84 Å². The van der Waals surface area contributed by atoms with Crippen molar-refractivity contribution >= 4 is 10.0 Å². The standard InChI is InChI=1S/C27H31N3O4S/c1-34-23-7-4-8-24(16-23)35(32,33)29-14-2-3-15-30-25(18-29)27(26(30)19-31)21-11-9-20(10-12-21)22-6-5-13-28-17-22/h4-13,16-17,25-27,31H,2-3,14-15,18-19H2,1H3/t25-,26-,27+/m1/s1. The van der Waals surface area contributed by atoms with Crippen molar-refractivity contribution in [3.63, 3.8) is 0 Å². The fraction of sp³-hybridized carbons (Fsp3) is 0.370. The molecule has 0 spiro atoms. The lowest BCUT2D eigenvalue weighted by Crippen LogP contribution is -2.67. The zero-order valence-corrected chi connectivity index (χ0v) is 20.6. The van der Waals surface area contributed by atoms with Crippen LogP contribution in [0.1, 0.15) is 24.3 Å². The highest BCUT2D eigenvalue weighted by Crippen LogP contribution is 2.43. The first-order valence-electron chi connectivity index (χ1n) is 12.0. The van der Waals surface area contributed by atoms with Crippen molar-refractivity contribution in [3.05, 3.63) is 78.6 Å². The third kappa shape index (κ3) is 4.59. The van der Waals surface area contributed by atoms with Crippen molar-refractivity contribution in [2.24, 2.45) is 0 Å². The van der Waals surface area contributed by atoms with Crippen molar-refractivity contribution < 1.29 is 18.3 Å². The van der Waals surface area contributed by atoms with Gasteiger partial charge in [-0.15, -0.1) is 0 Å². The number of aliphatic hydroxyl groups is 1. The van der Waals surface area contributed by atoms with Crippen LogP contribution in [-0.4, -0.2) is 73.1 Å². The molecule has 7 nitrogen and oxygen atoms in total. The summed E-state index contributed by atoms with van der Waals surface area (Å²) in [5, 5.41) is 10.2. The molecule has 2 aliphatic rings. The lowest BCUT2D eigenvalue weighted by atomic mass is 9.74. The van der Waals surface area contributed by atoms with Crippen LogP contribution in [0.15, 0.2) is 78.0 Å². The van der Waals surface area contributed by atoms with Gasteiger partial charge in [-0.3, -0.25) is 9.88 Å². The van der Waals surface area contributed by atoms with Gasteiger partial charge in [-0.2, -0.15) is 4.31 Å². The highest BCUT2D eigenvalue weighted by atomic mass is 32.2. The zero-order valence-electron chi connectivity index (χ0n) is 19.8. The van der Waals surface area contributed by atoms with Crippen molar-refractivity contribution in [3.8, 4) is 16.9 Å². The normalized spacial score (nSPS) is 23.5. The van der Waals surface area contributed by atoms with Crippen LogP contribution < -0.4 is 4.74 Å². The zero-order chi connectivity index (χ0) is 24.4. The van der Waals surface area contributed by atoms with Gasteiger partial charge >= 0.3 is 0 Å². The van der Waals surface area contributed by atoms with Crippen LogP contribution in [0.5, 0.6) is 5.75 Å². The molecule has 2 aliphatic heterocycles. The molecular weight excluding hydrogens is 462 g/mol. The maximum Gasteiger partial charge on any atom is 0.243 e. The van der Waals surface area contributed by atoms with E-state index in [2.05, 4.69) is 34.1 Å². The van der Waals surface area contributed by atoms with Crippen molar-refractivity contribution in [1.82, 2.24) is 14.2 Å². The molecule has 184 valence electrons. The minimum Gasteiger partial charge on any atom is -0.497 e. The number of ether oxygens (including phenoxy) is 1. The molecular formula is C27H31N3O4S. The topological polar surface area (TPSA) is 83.0 Å². The molecule has 2 saturated heterocycles. The largest absolute Gasteiger partial charge is 0.497 e. The van der Waals surface area contributed by atoms with Gasteiger partial charge in [0.15, 0.2) is 0 Å². The van der Waals surface area contributed by atoms with Gasteiger partial charge in [0.1, 0.15) is 5.75 Å². The molecule has 5 rings (SSSR count). The molecule has 2 fully saturated rings. The molecule has 0 unspecified atom stereocenters. The Kier molecular flexibility index (Phi) is 6.88. The van der Waals surface area contributed by atoms with Crippen LogP contribution in [-0.2, 0) is 10.0 Å². The Morgan fingerprint density at radius 1 is 1.03 bits per heavy atom. The average molecular weight is 494 g/mol. The number of benzene rings is 2. The summed E-state index contributed by atoms with van der Waals surface area (Å²) in [5.74, 6) is 0.583. The van der Waals surface area contributed by atoms with Crippen molar-refractivity contribution in [2.75, 3.05) is 33.4 Å². The van der Waals surface area contributed by atoms with Crippen LogP contribution >= 0.6 is 0 Å². The lowest BCUT2D eigenvalue weighted by Gasteiger charge is -2.57. The van der Waals surface area contributed by atoms with E-state index < -0.39 is 10.0 Å². The number of methoxy groups -OCH3 is 1. The number of hydrogen-bond donors (Lipinski definition) is 1. The maximum absolute atomic E-state index is 13.6. The van der Waals surface area contributed by atoms with Crippen LogP contribution in [0.4, 0.5) is 0 Å². The van der Waals surface area contributed by atoms with Crippen molar-refractivity contribution in [2.45, 2.75) is 35.7 Å². The summed E-state index contributed by atoms with van der Waals surface area (Å²) in [5.41, 5.74) is 3.25. The van der Waals surface area contributed by atoms with Crippen LogP contribution in [0, 0.1) is 0 Å². The van der Waals surface area contributed by atoms with E-state index in [1.54, 1.807) is 34.8 Å². The summed E-state index contributed by atoms with van der Waals surface area (Å²) in [6.07, 6.45) is 5.28. The van der Waals surface area contributed by atoms with E-state index in [4.69, 9.17) is 4.74 Å². The summed E-state index contributed by atoms with van der Waals surface area (Å²) in [6, 6.07) is 19.0. The van der Waals surface area contributed by atoms with E-state index in [9.17, 15) is 13.5 Å². The van der Waals surface area contributed by atoms with E-state index >= 15 is 0 Å². The van der Waals surface area contributed by atoms with Gasteiger partial charge in [-0.1, -0.05) is 36.4 Å². The maximum atomic E-state index is 13.6. The summed E-state index contributed by atoms with van der Waals surface area (Å²) >= 11 is 0. The predicted molar refractivity (Wildman–Crippen MR) is 135 cm³/mol. The van der Waals surface area contributed by atoms with E-state index in [1.807, 2.05) is 18.3 Å². The SMILES string of the molecule is COc1cccc(S(=O)(=O)N2CCCCN3[C@H](CO)[C@@H](c4ccc(-c5cccnc5)cc4)[C@H]3C2)c1. The number of pyridine rings is 1. The summed E-state index contributed by atoms with van der Waals surface area (Å²) in [6.45, 7) is 1.80. The number of sulfonamides is 1. The molecule has 3 atom stereocenters. The number of nitrogens with zero attached hydrogens (tertiary/aromatic N) is 3. The first-order valence-corrected chi connectivity index (χ1v) is 13.5. The highest BCUT2D eigenvalue weighted by molar-refractivity contribution is 7.89. The smallest absolute Gasteiger partial charge is 0.243 e. The Hall–Kier alpha value is -2.78. The summed E-state index contributed by atoms with van der Waals surface area (Å²) < 4.78 is 34.0. The molecule has 0 bridgehead atoms. The van der Waals surface area contributed by atoms with E-state index in [0.717, 1.165) is 36.1 Å². The van der Waals surface area contributed by atoms with Gasteiger partial charge in [-0.05, 0) is 54.3 Å². The van der Waals surface area contributed by atoms with Gasteiger partial charge in [0, 0.05) is 49.6 Å². The molecule has 0 saturated carbocycles. The van der Waals surface area contributed by atoms with Gasteiger partial charge in [0.25, 0.3) is 0 Å². The predicted octanol–water partition coefficient (Wildman–Crippen LogP) is 3.37. The van der Waals surface area contributed by atoms with E-state index in [-0.39, 0.29) is 29.5 Å². The lowest BCUT2D eigenvalue weighted by molar-refractivity contribution is -0.0553. The minimum atomic E-state index is -3.67. The third-order valence-electron chi connectivity index (χ3n) is 7.30. The first-order chi connectivity index (χ1) is 17.0. The molecule has 0 aliphatic carbocycles.